The highest BCUT2D eigenvalue weighted by atomic mass is 15.0. The molecular weight excluding hydrogens is 210 g/mol. The van der Waals surface area contributed by atoms with Crippen LogP contribution in [-0.2, 0) is 6.54 Å². The minimum Gasteiger partial charge on any atom is -0.385 e. The summed E-state index contributed by atoms with van der Waals surface area (Å²) in [5.74, 6) is 1.57. The maximum atomic E-state index is 8.94. The second kappa shape index (κ2) is 3.81. The van der Waals surface area contributed by atoms with Crippen LogP contribution in [0.2, 0.25) is 0 Å². The molecule has 1 heterocycles. The number of nitrogens with zero attached hydrogens (tertiary/aromatic N) is 2. The van der Waals surface area contributed by atoms with Crippen LogP contribution < -0.4 is 5.73 Å². The third-order valence-electron chi connectivity index (χ3n) is 3.73. The van der Waals surface area contributed by atoms with Crippen molar-refractivity contribution in [2.75, 3.05) is 5.73 Å². The first-order valence-corrected chi connectivity index (χ1v) is 6.07. The van der Waals surface area contributed by atoms with Gasteiger partial charge in [0.15, 0.2) is 0 Å². The molecule has 0 aliphatic heterocycles. The summed E-state index contributed by atoms with van der Waals surface area (Å²) >= 11 is 0. The molecule has 0 saturated heterocycles. The maximum Gasteiger partial charge on any atom is 0.104 e. The van der Waals surface area contributed by atoms with Crippen molar-refractivity contribution in [2.24, 2.45) is 5.92 Å². The van der Waals surface area contributed by atoms with E-state index in [4.69, 9.17) is 11.0 Å². The molecule has 1 fully saturated rings. The molecule has 0 bridgehead atoms. The first kappa shape index (κ1) is 10.2. The van der Waals surface area contributed by atoms with Gasteiger partial charge in [0, 0.05) is 11.9 Å². The van der Waals surface area contributed by atoms with E-state index < -0.39 is 0 Å². The smallest absolute Gasteiger partial charge is 0.104 e. The quantitative estimate of drug-likeness (QED) is 0.854. The average molecular weight is 225 g/mol. The number of rotatable bonds is 2. The molecule has 0 unspecified atom stereocenters. The van der Waals surface area contributed by atoms with Crippen molar-refractivity contribution >= 4 is 16.7 Å². The van der Waals surface area contributed by atoms with Crippen molar-refractivity contribution in [2.45, 2.75) is 25.8 Å². The lowest BCUT2D eigenvalue weighted by Gasteiger charge is -2.26. The fourth-order valence-electron chi connectivity index (χ4n) is 2.48. The Morgan fingerprint density at radius 3 is 2.82 bits per heavy atom. The number of hydrogen-bond acceptors (Lipinski definition) is 2. The van der Waals surface area contributed by atoms with Gasteiger partial charge in [-0.2, -0.15) is 5.26 Å². The van der Waals surface area contributed by atoms with E-state index in [0.29, 0.717) is 5.56 Å². The Bertz CT molecular complexity index is 600. The topological polar surface area (TPSA) is 54.7 Å². The van der Waals surface area contributed by atoms with Gasteiger partial charge in [0.25, 0.3) is 0 Å². The number of aromatic nitrogens is 1. The second-order valence-corrected chi connectivity index (χ2v) is 4.86. The summed E-state index contributed by atoms with van der Waals surface area (Å²) in [6.45, 7) is 0.990. The Hall–Kier alpha value is -1.95. The zero-order valence-corrected chi connectivity index (χ0v) is 9.69. The number of hydrogen-bond donors (Lipinski definition) is 1. The molecule has 0 atom stereocenters. The maximum absolute atomic E-state index is 8.94. The molecule has 2 N–H and O–H groups in total. The molecule has 1 aliphatic carbocycles. The van der Waals surface area contributed by atoms with Crippen molar-refractivity contribution in [3.63, 3.8) is 0 Å². The van der Waals surface area contributed by atoms with Crippen LogP contribution in [0.25, 0.3) is 10.9 Å². The van der Waals surface area contributed by atoms with Gasteiger partial charge in [-0.3, -0.25) is 0 Å². The molecule has 2 aromatic rings. The van der Waals surface area contributed by atoms with Gasteiger partial charge < -0.3 is 10.3 Å². The number of anilines is 1. The van der Waals surface area contributed by atoms with Crippen LogP contribution in [0.5, 0.6) is 0 Å². The molecule has 1 aromatic heterocycles. The summed E-state index contributed by atoms with van der Waals surface area (Å²) in [6, 6.07) is 9.93. The van der Waals surface area contributed by atoms with Gasteiger partial charge in [-0.1, -0.05) is 12.5 Å². The van der Waals surface area contributed by atoms with Crippen molar-refractivity contribution in [1.29, 1.82) is 5.26 Å². The van der Waals surface area contributed by atoms with Crippen molar-refractivity contribution in [3.05, 3.63) is 29.8 Å². The molecule has 0 amide bonds. The van der Waals surface area contributed by atoms with Crippen molar-refractivity contribution < 1.29 is 0 Å². The summed E-state index contributed by atoms with van der Waals surface area (Å²) in [5.41, 5.74) is 7.84. The summed E-state index contributed by atoms with van der Waals surface area (Å²) < 4.78 is 2.15. The predicted octanol–water partition coefficient (Wildman–Crippen LogP) is 2.90. The van der Waals surface area contributed by atoms with Crippen LogP contribution in [0.3, 0.4) is 0 Å². The zero-order chi connectivity index (χ0) is 11.8. The summed E-state index contributed by atoms with van der Waals surface area (Å²) in [5, 5.41) is 10.1. The molecule has 17 heavy (non-hydrogen) atoms. The van der Waals surface area contributed by atoms with Crippen LogP contribution in [0, 0.1) is 17.2 Å². The average Bonchev–Trinajstić information content (AvgIpc) is 2.58. The SMILES string of the molecule is N#Cc1ccc2cc(N)n(CC3CCC3)c2c1. The molecule has 3 heteroatoms. The van der Waals surface area contributed by atoms with Gasteiger partial charge in [-0.25, -0.2) is 0 Å². The standard InChI is InChI=1S/C14H15N3/c15-8-11-4-5-12-7-14(16)17(13(12)6-11)9-10-2-1-3-10/h4-7,10H,1-3,9,16H2. The number of benzene rings is 1. The third-order valence-corrected chi connectivity index (χ3v) is 3.73. The molecule has 1 aliphatic rings. The lowest BCUT2D eigenvalue weighted by molar-refractivity contribution is 0.281. The fourth-order valence-corrected chi connectivity index (χ4v) is 2.48. The van der Waals surface area contributed by atoms with Crippen molar-refractivity contribution in [1.82, 2.24) is 4.57 Å². The molecule has 1 saturated carbocycles. The van der Waals surface area contributed by atoms with Gasteiger partial charge in [0.1, 0.15) is 5.82 Å². The van der Waals surface area contributed by atoms with Crippen LogP contribution in [-0.4, -0.2) is 4.57 Å². The molecule has 86 valence electrons. The number of nitriles is 1. The Balaban J connectivity index is 2.07. The van der Waals surface area contributed by atoms with Gasteiger partial charge in [0.05, 0.1) is 17.1 Å². The first-order chi connectivity index (χ1) is 8.28. The molecule has 3 nitrogen and oxygen atoms in total. The zero-order valence-electron chi connectivity index (χ0n) is 9.69. The lowest BCUT2D eigenvalue weighted by Crippen LogP contribution is -2.18. The van der Waals surface area contributed by atoms with Gasteiger partial charge in [0.2, 0.25) is 0 Å². The summed E-state index contributed by atoms with van der Waals surface area (Å²) in [4.78, 5) is 0. The van der Waals surface area contributed by atoms with Gasteiger partial charge in [-0.15, -0.1) is 0 Å². The fraction of sp³-hybridized carbons (Fsp3) is 0.357. The highest BCUT2D eigenvalue weighted by Gasteiger charge is 2.19. The second-order valence-electron chi connectivity index (χ2n) is 4.86. The summed E-state index contributed by atoms with van der Waals surface area (Å²) in [7, 11) is 0. The van der Waals surface area contributed by atoms with Crippen molar-refractivity contribution in [3.8, 4) is 6.07 Å². The van der Waals surface area contributed by atoms with E-state index in [0.717, 1.165) is 29.2 Å². The Morgan fingerprint density at radius 1 is 1.35 bits per heavy atom. The van der Waals surface area contributed by atoms with Crippen LogP contribution in [0.15, 0.2) is 24.3 Å². The molecule has 3 rings (SSSR count). The van der Waals surface area contributed by atoms with E-state index in [2.05, 4.69) is 10.6 Å². The lowest BCUT2D eigenvalue weighted by atomic mass is 9.85. The minimum absolute atomic E-state index is 0.699. The van der Waals surface area contributed by atoms with Crippen LogP contribution in [0.1, 0.15) is 24.8 Å². The van der Waals surface area contributed by atoms with E-state index in [1.54, 1.807) is 0 Å². The number of nitrogen functional groups attached to an aromatic ring is 1. The third kappa shape index (κ3) is 1.66. The minimum atomic E-state index is 0.699. The first-order valence-electron chi connectivity index (χ1n) is 6.07. The number of nitrogens with two attached hydrogens (primary N) is 1. The largest absolute Gasteiger partial charge is 0.385 e. The Labute approximate surface area is 100 Å². The highest BCUT2D eigenvalue weighted by Crippen LogP contribution is 2.31. The number of fused-ring (bicyclic) bond motifs is 1. The van der Waals surface area contributed by atoms with Crippen LogP contribution >= 0.6 is 0 Å². The van der Waals surface area contributed by atoms with E-state index >= 15 is 0 Å². The van der Waals surface area contributed by atoms with E-state index in [1.807, 2.05) is 24.3 Å². The normalized spacial score (nSPS) is 15.7. The summed E-state index contributed by atoms with van der Waals surface area (Å²) in [6.07, 6.45) is 3.95. The van der Waals surface area contributed by atoms with E-state index in [9.17, 15) is 0 Å². The predicted molar refractivity (Wildman–Crippen MR) is 68.4 cm³/mol. The highest BCUT2D eigenvalue weighted by molar-refractivity contribution is 5.85. The van der Waals surface area contributed by atoms with Gasteiger partial charge in [-0.05, 0) is 37.0 Å². The van der Waals surface area contributed by atoms with E-state index in [-0.39, 0.29) is 0 Å². The Morgan fingerprint density at radius 2 is 2.18 bits per heavy atom. The monoisotopic (exact) mass is 225 g/mol. The molecule has 1 aromatic carbocycles. The molecular formula is C14H15N3. The molecule has 0 spiro atoms. The molecule has 0 radical (unpaired) electrons. The van der Waals surface area contributed by atoms with Crippen LogP contribution in [0.4, 0.5) is 5.82 Å². The van der Waals surface area contributed by atoms with E-state index in [1.165, 1.54) is 19.3 Å². The van der Waals surface area contributed by atoms with Gasteiger partial charge >= 0.3 is 0 Å². The Kier molecular flexibility index (Phi) is 2.29.